The lowest BCUT2D eigenvalue weighted by molar-refractivity contribution is 0.0205. The van der Waals surface area contributed by atoms with Crippen LogP contribution < -0.4 is 0 Å². The van der Waals surface area contributed by atoms with E-state index in [0.29, 0.717) is 5.92 Å². The van der Waals surface area contributed by atoms with Gasteiger partial charge in [0.15, 0.2) is 0 Å². The fourth-order valence-corrected chi connectivity index (χ4v) is 4.38. The summed E-state index contributed by atoms with van der Waals surface area (Å²) in [5, 5.41) is 3.28. The molecule has 1 amide bonds. The summed E-state index contributed by atoms with van der Waals surface area (Å²) in [6.07, 6.45) is 1.66. The first-order valence-electron chi connectivity index (χ1n) is 8.52. The number of likely N-dealkylation sites (tertiary alicyclic amines) is 1. The first-order chi connectivity index (χ1) is 11.8. The van der Waals surface area contributed by atoms with Crippen LogP contribution in [0.25, 0.3) is 11.3 Å². The SMILES string of the molecule is CC(C)(C)OC(=O)N1CCC(c2nc(-c3ccccc3Br)cs2)CC1. The Labute approximate surface area is 161 Å². The summed E-state index contributed by atoms with van der Waals surface area (Å²) >= 11 is 5.31. The molecule has 1 aromatic heterocycles. The summed E-state index contributed by atoms with van der Waals surface area (Å²) in [5.74, 6) is 0.417. The standard InChI is InChI=1S/C19H23BrN2O2S/c1-19(2,3)24-18(23)22-10-8-13(9-11-22)17-21-16(12-25-17)14-6-4-5-7-15(14)20/h4-7,12-13H,8-11H2,1-3H3. The van der Waals surface area contributed by atoms with Crippen molar-refractivity contribution in [2.45, 2.75) is 45.1 Å². The molecule has 1 fully saturated rings. The number of rotatable bonds is 2. The molecule has 2 heterocycles. The minimum Gasteiger partial charge on any atom is -0.444 e. The molecular weight excluding hydrogens is 400 g/mol. The van der Waals surface area contributed by atoms with Crippen molar-refractivity contribution in [2.75, 3.05) is 13.1 Å². The van der Waals surface area contributed by atoms with Crippen LogP contribution >= 0.6 is 27.3 Å². The van der Waals surface area contributed by atoms with Gasteiger partial charge in [-0.3, -0.25) is 0 Å². The molecular formula is C19H23BrN2O2S. The number of hydrogen-bond donors (Lipinski definition) is 0. The van der Waals surface area contributed by atoms with Gasteiger partial charge in [-0.2, -0.15) is 0 Å². The second-order valence-electron chi connectivity index (χ2n) is 7.29. The monoisotopic (exact) mass is 422 g/mol. The van der Waals surface area contributed by atoms with Gasteiger partial charge in [-0.25, -0.2) is 9.78 Å². The average molecular weight is 423 g/mol. The van der Waals surface area contributed by atoms with Crippen LogP contribution in [0.2, 0.25) is 0 Å². The highest BCUT2D eigenvalue weighted by Gasteiger charge is 2.28. The minimum atomic E-state index is -0.443. The van der Waals surface area contributed by atoms with Crippen molar-refractivity contribution in [1.29, 1.82) is 0 Å². The van der Waals surface area contributed by atoms with Crippen molar-refractivity contribution in [1.82, 2.24) is 9.88 Å². The molecule has 0 radical (unpaired) electrons. The molecule has 0 aliphatic carbocycles. The summed E-state index contributed by atoms with van der Waals surface area (Å²) in [7, 11) is 0. The Hall–Kier alpha value is -1.40. The van der Waals surface area contributed by atoms with E-state index in [0.717, 1.165) is 46.7 Å². The van der Waals surface area contributed by atoms with Gasteiger partial charge < -0.3 is 9.64 Å². The Bertz CT molecular complexity index is 746. The first kappa shape index (κ1) is 18.4. The molecule has 4 nitrogen and oxygen atoms in total. The quantitative estimate of drug-likeness (QED) is 0.624. The van der Waals surface area contributed by atoms with Crippen molar-refractivity contribution >= 4 is 33.4 Å². The molecule has 0 unspecified atom stereocenters. The number of benzene rings is 1. The number of carbonyl (C=O) groups is 1. The Balaban J connectivity index is 1.63. The summed E-state index contributed by atoms with van der Waals surface area (Å²) in [6.45, 7) is 7.15. The summed E-state index contributed by atoms with van der Waals surface area (Å²) in [5.41, 5.74) is 1.69. The second kappa shape index (κ2) is 7.46. The number of aromatic nitrogens is 1. The number of nitrogens with zero attached hydrogens (tertiary/aromatic N) is 2. The molecule has 2 aromatic rings. The summed E-state index contributed by atoms with van der Waals surface area (Å²) in [6, 6.07) is 8.15. The number of ether oxygens (including phenoxy) is 1. The van der Waals surface area contributed by atoms with Gasteiger partial charge in [0.05, 0.1) is 10.7 Å². The van der Waals surface area contributed by atoms with E-state index in [4.69, 9.17) is 9.72 Å². The van der Waals surface area contributed by atoms with Gasteiger partial charge in [-0.15, -0.1) is 11.3 Å². The summed E-state index contributed by atoms with van der Waals surface area (Å²) in [4.78, 5) is 18.8. The fourth-order valence-electron chi connectivity index (χ4n) is 2.90. The lowest BCUT2D eigenvalue weighted by Gasteiger charge is -2.32. The molecule has 1 aliphatic rings. The van der Waals surface area contributed by atoms with Crippen LogP contribution in [0, 0.1) is 0 Å². The van der Waals surface area contributed by atoms with Crippen LogP contribution in [0.1, 0.15) is 44.5 Å². The lowest BCUT2D eigenvalue weighted by atomic mass is 9.98. The Kier molecular flexibility index (Phi) is 5.49. The zero-order valence-electron chi connectivity index (χ0n) is 14.8. The Morgan fingerprint density at radius 3 is 2.60 bits per heavy atom. The molecule has 1 saturated heterocycles. The normalized spacial score (nSPS) is 16.1. The largest absolute Gasteiger partial charge is 0.444 e. The first-order valence-corrected chi connectivity index (χ1v) is 10.2. The van der Waals surface area contributed by atoms with Crippen molar-refractivity contribution in [2.24, 2.45) is 0 Å². The van der Waals surface area contributed by atoms with Crippen LogP contribution in [0.4, 0.5) is 4.79 Å². The molecule has 0 atom stereocenters. The van der Waals surface area contributed by atoms with E-state index in [1.807, 2.05) is 43.9 Å². The van der Waals surface area contributed by atoms with E-state index in [-0.39, 0.29) is 6.09 Å². The Morgan fingerprint density at radius 1 is 1.28 bits per heavy atom. The van der Waals surface area contributed by atoms with Crippen LogP contribution in [-0.4, -0.2) is 34.7 Å². The zero-order chi connectivity index (χ0) is 18.0. The Morgan fingerprint density at radius 2 is 1.96 bits per heavy atom. The van der Waals surface area contributed by atoms with E-state index in [1.54, 1.807) is 11.3 Å². The van der Waals surface area contributed by atoms with Crippen molar-refractivity contribution in [3.05, 3.63) is 39.1 Å². The van der Waals surface area contributed by atoms with Gasteiger partial charge in [0, 0.05) is 34.4 Å². The van der Waals surface area contributed by atoms with Gasteiger partial charge in [-0.1, -0.05) is 34.1 Å². The third kappa shape index (κ3) is 4.61. The van der Waals surface area contributed by atoms with E-state index in [1.165, 1.54) is 0 Å². The highest BCUT2D eigenvalue weighted by atomic mass is 79.9. The molecule has 1 aliphatic heterocycles. The van der Waals surface area contributed by atoms with E-state index >= 15 is 0 Å². The maximum atomic E-state index is 12.2. The maximum absolute atomic E-state index is 12.2. The zero-order valence-corrected chi connectivity index (χ0v) is 17.2. The fraction of sp³-hybridized carbons (Fsp3) is 0.474. The van der Waals surface area contributed by atoms with Crippen molar-refractivity contribution in [3.63, 3.8) is 0 Å². The number of hydrogen-bond acceptors (Lipinski definition) is 4. The van der Waals surface area contributed by atoms with Gasteiger partial charge in [0.2, 0.25) is 0 Å². The van der Waals surface area contributed by atoms with Gasteiger partial charge in [0.25, 0.3) is 0 Å². The number of carbonyl (C=O) groups excluding carboxylic acids is 1. The predicted octanol–water partition coefficient (Wildman–Crippen LogP) is 5.69. The molecule has 0 N–H and O–H groups in total. The van der Waals surface area contributed by atoms with Crippen molar-refractivity contribution in [3.8, 4) is 11.3 Å². The van der Waals surface area contributed by atoms with Crippen LogP contribution in [0.5, 0.6) is 0 Å². The molecule has 0 spiro atoms. The molecule has 3 rings (SSSR count). The number of piperidine rings is 1. The van der Waals surface area contributed by atoms with Crippen LogP contribution in [0.3, 0.4) is 0 Å². The molecule has 1 aromatic carbocycles. The van der Waals surface area contributed by atoms with E-state index < -0.39 is 5.60 Å². The lowest BCUT2D eigenvalue weighted by Crippen LogP contribution is -2.41. The molecule has 25 heavy (non-hydrogen) atoms. The van der Waals surface area contributed by atoms with E-state index in [9.17, 15) is 4.79 Å². The topological polar surface area (TPSA) is 42.4 Å². The van der Waals surface area contributed by atoms with Gasteiger partial charge in [-0.05, 0) is 39.7 Å². The number of amides is 1. The van der Waals surface area contributed by atoms with Gasteiger partial charge in [0.1, 0.15) is 5.60 Å². The molecule has 134 valence electrons. The highest BCUT2D eigenvalue weighted by molar-refractivity contribution is 9.10. The smallest absolute Gasteiger partial charge is 0.410 e. The molecule has 0 bridgehead atoms. The second-order valence-corrected chi connectivity index (χ2v) is 9.04. The third-order valence-corrected chi connectivity index (χ3v) is 5.87. The highest BCUT2D eigenvalue weighted by Crippen LogP contribution is 2.35. The average Bonchev–Trinajstić information content (AvgIpc) is 3.03. The third-order valence-electron chi connectivity index (χ3n) is 4.17. The minimum absolute atomic E-state index is 0.209. The predicted molar refractivity (Wildman–Crippen MR) is 105 cm³/mol. The summed E-state index contributed by atoms with van der Waals surface area (Å²) < 4.78 is 6.52. The van der Waals surface area contributed by atoms with Crippen molar-refractivity contribution < 1.29 is 9.53 Å². The molecule has 0 saturated carbocycles. The van der Waals surface area contributed by atoms with E-state index in [2.05, 4.69) is 27.4 Å². The number of thiazole rings is 1. The maximum Gasteiger partial charge on any atom is 0.410 e. The molecule has 6 heteroatoms. The van der Waals surface area contributed by atoms with Crippen LogP contribution in [0.15, 0.2) is 34.1 Å². The number of halogens is 1. The van der Waals surface area contributed by atoms with Crippen LogP contribution in [-0.2, 0) is 4.74 Å². The van der Waals surface area contributed by atoms with Gasteiger partial charge >= 0.3 is 6.09 Å².